The molecule has 0 spiro atoms. The molecule has 2 rings (SSSR count). The fourth-order valence-corrected chi connectivity index (χ4v) is 3.13. The Bertz CT molecular complexity index is 781. The van der Waals surface area contributed by atoms with Crippen LogP contribution < -0.4 is 0 Å². The molecule has 0 saturated carbocycles. The average molecular weight is 423 g/mol. The predicted molar refractivity (Wildman–Crippen MR) is 103 cm³/mol. The van der Waals surface area contributed by atoms with Crippen LogP contribution >= 0.6 is 15.9 Å². The molecule has 5 heteroatoms. The molecule has 0 heterocycles. The van der Waals surface area contributed by atoms with Gasteiger partial charge in [0.25, 0.3) is 0 Å². The maximum atomic E-state index is 14.4. The second-order valence-corrected chi connectivity index (χ2v) is 8.09. The van der Waals surface area contributed by atoms with E-state index in [0.717, 1.165) is 11.1 Å². The van der Waals surface area contributed by atoms with E-state index in [-0.39, 0.29) is 30.4 Å². The molecule has 0 fully saturated rings. The Labute approximate surface area is 162 Å². The molecule has 3 nitrogen and oxygen atoms in total. The van der Waals surface area contributed by atoms with E-state index in [2.05, 4.69) is 15.9 Å². The van der Waals surface area contributed by atoms with Gasteiger partial charge in [0.05, 0.1) is 13.0 Å². The van der Waals surface area contributed by atoms with Crippen molar-refractivity contribution < 1.29 is 19.0 Å². The lowest BCUT2D eigenvalue weighted by molar-refractivity contribution is -0.153. The Balaban J connectivity index is 2.04. The number of hydrogen-bond acceptors (Lipinski definition) is 3. The fraction of sp³-hybridized carbons (Fsp3) is 0.381. The molecule has 0 bridgehead atoms. The summed E-state index contributed by atoms with van der Waals surface area (Å²) in [5, 5.41) is 9.30. The quantitative estimate of drug-likeness (QED) is 0.683. The molecule has 0 amide bonds. The van der Waals surface area contributed by atoms with Crippen LogP contribution in [0, 0.1) is 5.82 Å². The highest BCUT2D eigenvalue weighted by Crippen LogP contribution is 2.24. The first-order valence-corrected chi connectivity index (χ1v) is 9.35. The maximum Gasteiger partial charge on any atom is 0.310 e. The summed E-state index contributed by atoms with van der Waals surface area (Å²) in [5.74, 6) is -0.632. The second kappa shape index (κ2) is 8.78. The molecule has 2 aromatic rings. The summed E-state index contributed by atoms with van der Waals surface area (Å²) in [5.41, 5.74) is 2.25. The summed E-state index contributed by atoms with van der Waals surface area (Å²) in [4.78, 5) is 12.0. The van der Waals surface area contributed by atoms with Crippen LogP contribution in [-0.4, -0.2) is 16.7 Å². The van der Waals surface area contributed by atoms with Gasteiger partial charge < -0.3 is 9.84 Å². The molecular formula is C21H24BrFO3. The van der Waals surface area contributed by atoms with E-state index in [4.69, 9.17) is 4.74 Å². The zero-order valence-corrected chi connectivity index (χ0v) is 16.9. The zero-order valence-electron chi connectivity index (χ0n) is 15.3. The van der Waals surface area contributed by atoms with Crippen LogP contribution in [0.25, 0.3) is 0 Å². The van der Waals surface area contributed by atoms with Crippen LogP contribution in [0.5, 0.6) is 0 Å². The van der Waals surface area contributed by atoms with E-state index in [9.17, 15) is 14.3 Å². The maximum absolute atomic E-state index is 14.4. The Hall–Kier alpha value is -1.72. The number of carbonyl (C=O) groups is 1. The van der Waals surface area contributed by atoms with Crippen molar-refractivity contribution in [3.63, 3.8) is 0 Å². The third-order valence-electron chi connectivity index (χ3n) is 3.87. The second-order valence-electron chi connectivity index (χ2n) is 7.24. The molecule has 0 radical (unpaired) electrons. The molecular weight excluding hydrogens is 399 g/mol. The molecule has 0 aliphatic carbocycles. The Morgan fingerprint density at radius 2 is 1.85 bits per heavy atom. The van der Waals surface area contributed by atoms with Gasteiger partial charge in [0.2, 0.25) is 0 Å². The SMILES string of the molecule is CC(C)(C)OC(=O)Cc1cccc(CCc2ccc(Br)c(CO)c2F)c1. The number of carbonyl (C=O) groups excluding carboxylic acids is 1. The van der Waals surface area contributed by atoms with E-state index < -0.39 is 5.60 Å². The van der Waals surface area contributed by atoms with Gasteiger partial charge in [0, 0.05) is 10.0 Å². The number of aliphatic hydroxyl groups is 1. The van der Waals surface area contributed by atoms with Crippen LogP contribution in [0.1, 0.15) is 43.0 Å². The normalized spacial score (nSPS) is 11.5. The number of halogens is 2. The van der Waals surface area contributed by atoms with E-state index >= 15 is 0 Å². The van der Waals surface area contributed by atoms with Crippen LogP contribution in [-0.2, 0) is 35.4 Å². The van der Waals surface area contributed by atoms with Crippen LogP contribution in [0.2, 0.25) is 0 Å². The summed E-state index contributed by atoms with van der Waals surface area (Å²) in [6, 6.07) is 11.2. The van der Waals surface area contributed by atoms with E-state index in [0.29, 0.717) is 22.9 Å². The van der Waals surface area contributed by atoms with Gasteiger partial charge >= 0.3 is 5.97 Å². The lowest BCUT2D eigenvalue weighted by atomic mass is 10.00. The first-order valence-electron chi connectivity index (χ1n) is 8.56. The number of ether oxygens (including phenoxy) is 1. The largest absolute Gasteiger partial charge is 0.460 e. The summed E-state index contributed by atoms with van der Waals surface area (Å²) >= 11 is 3.25. The van der Waals surface area contributed by atoms with Gasteiger partial charge in [0.1, 0.15) is 11.4 Å². The minimum Gasteiger partial charge on any atom is -0.460 e. The van der Waals surface area contributed by atoms with Gasteiger partial charge in [0.15, 0.2) is 0 Å². The number of aryl methyl sites for hydroxylation is 2. The smallest absolute Gasteiger partial charge is 0.310 e. The van der Waals surface area contributed by atoms with Crippen molar-refractivity contribution in [1.82, 2.24) is 0 Å². The van der Waals surface area contributed by atoms with Crippen molar-refractivity contribution >= 4 is 21.9 Å². The molecule has 0 aromatic heterocycles. The number of benzene rings is 2. The minimum absolute atomic E-state index is 0.215. The lowest BCUT2D eigenvalue weighted by Crippen LogP contribution is -2.24. The molecule has 1 N–H and O–H groups in total. The summed E-state index contributed by atoms with van der Waals surface area (Å²) in [6.07, 6.45) is 1.37. The van der Waals surface area contributed by atoms with Crippen molar-refractivity contribution in [3.8, 4) is 0 Å². The standard InChI is InChI=1S/C21H24BrFO3/c1-21(2,3)26-19(25)12-15-6-4-5-14(11-15)7-8-16-9-10-18(22)17(13-24)20(16)23/h4-6,9-11,24H,7-8,12-13H2,1-3H3. The predicted octanol–water partition coefficient (Wildman–Crippen LogP) is 4.75. The fourth-order valence-electron chi connectivity index (χ4n) is 2.70. The van der Waals surface area contributed by atoms with Gasteiger partial charge in [-0.15, -0.1) is 0 Å². The number of esters is 1. The van der Waals surface area contributed by atoms with Gasteiger partial charge in [-0.1, -0.05) is 46.3 Å². The molecule has 0 aliphatic heterocycles. The molecule has 0 unspecified atom stereocenters. The molecule has 0 saturated heterocycles. The van der Waals surface area contributed by atoms with Gasteiger partial charge in [-0.3, -0.25) is 4.79 Å². The van der Waals surface area contributed by atoms with Crippen molar-refractivity contribution in [2.24, 2.45) is 0 Å². The van der Waals surface area contributed by atoms with Gasteiger partial charge in [-0.25, -0.2) is 4.39 Å². The first-order chi connectivity index (χ1) is 12.2. The first kappa shape index (κ1) is 20.6. The number of aliphatic hydroxyl groups excluding tert-OH is 1. The molecule has 140 valence electrons. The van der Waals surface area contributed by atoms with E-state index in [1.54, 1.807) is 12.1 Å². The Kier molecular flexibility index (Phi) is 6.95. The molecule has 0 aliphatic rings. The highest BCUT2D eigenvalue weighted by atomic mass is 79.9. The zero-order chi connectivity index (χ0) is 19.3. The molecule has 2 aromatic carbocycles. The van der Waals surface area contributed by atoms with E-state index in [1.807, 2.05) is 45.0 Å². The van der Waals surface area contributed by atoms with Crippen molar-refractivity contribution in [2.45, 2.75) is 52.2 Å². The third kappa shape index (κ3) is 5.92. The monoisotopic (exact) mass is 422 g/mol. The van der Waals surface area contributed by atoms with Gasteiger partial charge in [-0.2, -0.15) is 0 Å². The lowest BCUT2D eigenvalue weighted by Gasteiger charge is -2.19. The Morgan fingerprint density at radius 1 is 1.15 bits per heavy atom. The van der Waals surface area contributed by atoms with E-state index in [1.165, 1.54) is 0 Å². The van der Waals surface area contributed by atoms with Crippen LogP contribution in [0.4, 0.5) is 4.39 Å². The highest BCUT2D eigenvalue weighted by Gasteiger charge is 2.16. The Morgan fingerprint density at radius 3 is 2.50 bits per heavy atom. The van der Waals surface area contributed by atoms with Crippen LogP contribution in [0.3, 0.4) is 0 Å². The highest BCUT2D eigenvalue weighted by molar-refractivity contribution is 9.10. The summed E-state index contributed by atoms with van der Waals surface area (Å²) in [6.45, 7) is 5.18. The van der Waals surface area contributed by atoms with Crippen molar-refractivity contribution in [3.05, 3.63) is 68.9 Å². The van der Waals surface area contributed by atoms with Gasteiger partial charge in [-0.05, 0) is 56.4 Å². The number of hydrogen-bond donors (Lipinski definition) is 1. The van der Waals surface area contributed by atoms with Crippen molar-refractivity contribution in [1.29, 1.82) is 0 Å². The topological polar surface area (TPSA) is 46.5 Å². The minimum atomic E-state index is -0.502. The van der Waals surface area contributed by atoms with Crippen molar-refractivity contribution in [2.75, 3.05) is 0 Å². The molecule has 26 heavy (non-hydrogen) atoms. The summed E-state index contributed by atoms with van der Waals surface area (Å²) < 4.78 is 20.3. The third-order valence-corrected chi connectivity index (χ3v) is 4.61. The van der Waals surface area contributed by atoms with Crippen LogP contribution in [0.15, 0.2) is 40.9 Å². The number of rotatable bonds is 6. The average Bonchev–Trinajstić information content (AvgIpc) is 2.53. The summed E-state index contributed by atoms with van der Waals surface area (Å²) in [7, 11) is 0. The molecule has 0 atom stereocenters.